The largest absolute Gasteiger partial charge is 0.442 e. The molecule has 0 aliphatic rings. The highest BCUT2D eigenvalue weighted by Crippen LogP contribution is 2.25. The van der Waals surface area contributed by atoms with Gasteiger partial charge in [-0.1, -0.05) is 0 Å². The average molecular weight is 268 g/mol. The van der Waals surface area contributed by atoms with E-state index in [1.165, 1.54) is 6.92 Å². The molecule has 0 saturated heterocycles. The Morgan fingerprint density at radius 2 is 2.20 bits per heavy atom. The van der Waals surface area contributed by atoms with Crippen LogP contribution >= 0.6 is 31.9 Å². The summed E-state index contributed by atoms with van der Waals surface area (Å²) in [5, 5.41) is 0. The minimum Gasteiger partial charge on any atom is -0.442 e. The van der Waals surface area contributed by atoms with E-state index in [9.17, 15) is 4.79 Å². The summed E-state index contributed by atoms with van der Waals surface area (Å²) in [7, 11) is 0. The van der Waals surface area contributed by atoms with E-state index in [1.807, 2.05) is 0 Å². The minimum atomic E-state index is -0.0127. The molecule has 0 aliphatic heterocycles. The number of hydrogen-bond donors (Lipinski definition) is 0. The minimum absolute atomic E-state index is 0.0127. The number of Topliss-reactive ketones (excluding diaryl/α,β-unsaturated/α-hetero) is 1. The first-order valence-electron chi connectivity index (χ1n) is 2.57. The summed E-state index contributed by atoms with van der Waals surface area (Å²) in [6, 6.07) is 1.63. The van der Waals surface area contributed by atoms with Crippen LogP contribution in [0, 0.1) is 0 Å². The highest BCUT2D eigenvalue weighted by atomic mass is 79.9. The zero-order valence-corrected chi connectivity index (χ0v) is 8.32. The zero-order valence-electron chi connectivity index (χ0n) is 5.15. The van der Waals surface area contributed by atoms with Gasteiger partial charge in [0.2, 0.25) is 0 Å². The van der Waals surface area contributed by atoms with Crippen molar-refractivity contribution in [3.63, 3.8) is 0 Å². The zero-order chi connectivity index (χ0) is 7.72. The van der Waals surface area contributed by atoms with E-state index < -0.39 is 0 Å². The first-order valence-corrected chi connectivity index (χ1v) is 4.15. The van der Waals surface area contributed by atoms with Crippen LogP contribution in [-0.4, -0.2) is 5.78 Å². The number of hydrogen-bond acceptors (Lipinski definition) is 2. The van der Waals surface area contributed by atoms with Crippen LogP contribution < -0.4 is 0 Å². The van der Waals surface area contributed by atoms with Crippen molar-refractivity contribution in [1.82, 2.24) is 0 Å². The molecule has 2 nitrogen and oxygen atoms in total. The number of carbonyl (C=O) groups excluding carboxylic acids is 1. The number of halogens is 2. The Labute approximate surface area is 74.9 Å². The molecule has 0 aliphatic carbocycles. The molecule has 0 unspecified atom stereocenters. The molecule has 1 rings (SSSR count). The summed E-state index contributed by atoms with van der Waals surface area (Å²) in [4.78, 5) is 10.8. The Bertz CT molecular complexity index is 265. The van der Waals surface area contributed by atoms with Crippen molar-refractivity contribution in [2.45, 2.75) is 6.92 Å². The van der Waals surface area contributed by atoms with E-state index in [-0.39, 0.29) is 5.78 Å². The molecular weight excluding hydrogens is 264 g/mol. The Morgan fingerprint density at radius 3 is 2.40 bits per heavy atom. The fourth-order valence-corrected chi connectivity index (χ4v) is 1.76. The lowest BCUT2D eigenvalue weighted by atomic mass is 10.2. The molecule has 1 heterocycles. The van der Waals surface area contributed by atoms with Gasteiger partial charge in [0.15, 0.2) is 15.1 Å². The first-order chi connectivity index (χ1) is 4.61. The highest BCUT2D eigenvalue weighted by molar-refractivity contribution is 9.11. The number of ketones is 1. The van der Waals surface area contributed by atoms with E-state index >= 15 is 0 Å². The van der Waals surface area contributed by atoms with Gasteiger partial charge in [-0.2, -0.15) is 0 Å². The molecule has 1 aromatic rings. The summed E-state index contributed by atoms with van der Waals surface area (Å²) < 4.78 is 6.03. The lowest BCUT2D eigenvalue weighted by Crippen LogP contribution is -1.87. The van der Waals surface area contributed by atoms with Crippen molar-refractivity contribution in [3.05, 3.63) is 21.0 Å². The lowest BCUT2D eigenvalue weighted by Gasteiger charge is -1.84. The quantitative estimate of drug-likeness (QED) is 0.733. The van der Waals surface area contributed by atoms with Crippen molar-refractivity contribution >= 4 is 37.6 Å². The summed E-state index contributed by atoms with van der Waals surface area (Å²) in [6.07, 6.45) is 0. The molecule has 0 atom stereocenters. The van der Waals surface area contributed by atoms with E-state index in [0.717, 1.165) is 0 Å². The van der Waals surface area contributed by atoms with Crippen molar-refractivity contribution in [3.8, 4) is 0 Å². The average Bonchev–Trinajstić information content (AvgIpc) is 2.10. The van der Waals surface area contributed by atoms with Gasteiger partial charge < -0.3 is 4.42 Å². The molecule has 0 spiro atoms. The van der Waals surface area contributed by atoms with Crippen LogP contribution in [0.2, 0.25) is 0 Å². The molecule has 4 heteroatoms. The van der Waals surface area contributed by atoms with Gasteiger partial charge >= 0.3 is 0 Å². The van der Waals surface area contributed by atoms with Crippen molar-refractivity contribution in [1.29, 1.82) is 0 Å². The van der Waals surface area contributed by atoms with E-state index in [0.29, 0.717) is 14.9 Å². The van der Waals surface area contributed by atoms with Gasteiger partial charge in [-0.3, -0.25) is 4.79 Å². The highest BCUT2D eigenvalue weighted by Gasteiger charge is 2.09. The number of carbonyl (C=O) groups is 1. The number of furan rings is 1. The third-order valence-electron chi connectivity index (χ3n) is 1.04. The standard InChI is InChI=1S/C6H4Br2O2/c1-3(9)4-2-5(7)10-6(4)8/h2H,1H3. The fourth-order valence-electron chi connectivity index (χ4n) is 0.580. The molecule has 0 N–H and O–H groups in total. The van der Waals surface area contributed by atoms with E-state index in [1.54, 1.807) is 6.07 Å². The van der Waals surface area contributed by atoms with Gasteiger partial charge in [-0.15, -0.1) is 0 Å². The number of rotatable bonds is 1. The lowest BCUT2D eigenvalue weighted by molar-refractivity contribution is 0.101. The second-order valence-electron chi connectivity index (χ2n) is 1.79. The fraction of sp³-hybridized carbons (Fsp3) is 0.167. The third-order valence-corrected chi connectivity index (χ3v) is 2.02. The topological polar surface area (TPSA) is 30.2 Å². The SMILES string of the molecule is CC(=O)c1cc(Br)oc1Br. The van der Waals surface area contributed by atoms with Gasteiger partial charge in [-0.05, 0) is 38.8 Å². The Hall–Kier alpha value is -0.0900. The molecule has 0 fully saturated rings. The van der Waals surface area contributed by atoms with Gasteiger partial charge in [0.05, 0.1) is 5.56 Å². The Morgan fingerprint density at radius 1 is 1.60 bits per heavy atom. The molecule has 0 saturated carbocycles. The molecule has 10 heavy (non-hydrogen) atoms. The van der Waals surface area contributed by atoms with Gasteiger partial charge in [0.1, 0.15) is 0 Å². The smallest absolute Gasteiger partial charge is 0.181 e. The third kappa shape index (κ3) is 1.49. The second kappa shape index (κ2) is 2.88. The van der Waals surface area contributed by atoms with Crippen molar-refractivity contribution in [2.24, 2.45) is 0 Å². The molecule has 0 amide bonds. The van der Waals surface area contributed by atoms with Gasteiger partial charge in [0, 0.05) is 6.07 Å². The Kier molecular flexibility index (Phi) is 2.31. The monoisotopic (exact) mass is 266 g/mol. The molecule has 54 valence electrons. The van der Waals surface area contributed by atoms with Crippen molar-refractivity contribution in [2.75, 3.05) is 0 Å². The van der Waals surface area contributed by atoms with E-state index in [4.69, 9.17) is 4.42 Å². The first kappa shape index (κ1) is 8.01. The molecule has 1 aromatic heterocycles. The van der Waals surface area contributed by atoms with Crippen LogP contribution in [0.25, 0.3) is 0 Å². The molecule has 0 bridgehead atoms. The van der Waals surface area contributed by atoms with Crippen LogP contribution in [-0.2, 0) is 0 Å². The van der Waals surface area contributed by atoms with Gasteiger partial charge in [0.25, 0.3) is 0 Å². The van der Waals surface area contributed by atoms with Crippen molar-refractivity contribution < 1.29 is 9.21 Å². The maximum absolute atomic E-state index is 10.8. The molecule has 0 aromatic carbocycles. The maximum atomic E-state index is 10.8. The van der Waals surface area contributed by atoms with Crippen LogP contribution in [0.15, 0.2) is 19.8 Å². The molecular formula is C6H4Br2O2. The maximum Gasteiger partial charge on any atom is 0.181 e. The summed E-state index contributed by atoms with van der Waals surface area (Å²) in [6.45, 7) is 1.49. The van der Waals surface area contributed by atoms with Crippen LogP contribution in [0.3, 0.4) is 0 Å². The summed E-state index contributed by atoms with van der Waals surface area (Å²) >= 11 is 6.20. The summed E-state index contributed by atoms with van der Waals surface area (Å²) in [5.41, 5.74) is 0.562. The van der Waals surface area contributed by atoms with E-state index in [2.05, 4.69) is 31.9 Å². The van der Waals surface area contributed by atoms with Crippen LogP contribution in [0.4, 0.5) is 0 Å². The second-order valence-corrected chi connectivity index (χ2v) is 3.30. The van der Waals surface area contributed by atoms with Crippen LogP contribution in [0.1, 0.15) is 17.3 Å². The van der Waals surface area contributed by atoms with Crippen LogP contribution in [0.5, 0.6) is 0 Å². The Balaban J connectivity index is 3.15. The molecule has 0 radical (unpaired) electrons. The predicted molar refractivity (Wildman–Crippen MR) is 44.1 cm³/mol. The van der Waals surface area contributed by atoms with Gasteiger partial charge in [-0.25, -0.2) is 0 Å². The predicted octanol–water partition coefficient (Wildman–Crippen LogP) is 3.01. The summed E-state index contributed by atoms with van der Waals surface area (Å²) in [5.74, 6) is -0.0127. The normalized spacial score (nSPS) is 9.90.